The second-order valence-electron chi connectivity index (χ2n) is 6.40. The topological polar surface area (TPSA) is 55.1 Å². The number of nitrogens with zero attached hydrogens (tertiary/aromatic N) is 1. The van der Waals surface area contributed by atoms with Crippen molar-refractivity contribution in [3.63, 3.8) is 0 Å². The highest BCUT2D eigenvalue weighted by molar-refractivity contribution is 7.16. The van der Waals surface area contributed by atoms with Crippen LogP contribution in [0.2, 0.25) is 0 Å². The second kappa shape index (κ2) is 7.76. The number of aryl methyl sites for hydroxylation is 2. The van der Waals surface area contributed by atoms with Crippen LogP contribution in [-0.4, -0.2) is 4.98 Å². The number of hydrogen-bond donors (Lipinski definition) is 1. The van der Waals surface area contributed by atoms with E-state index in [4.69, 9.17) is 4.42 Å². The van der Waals surface area contributed by atoms with E-state index >= 15 is 0 Å². The van der Waals surface area contributed by atoms with Crippen molar-refractivity contribution in [2.24, 2.45) is 0 Å². The number of hydrogen-bond acceptors (Lipinski definition) is 6. The van der Waals surface area contributed by atoms with Crippen LogP contribution >= 0.6 is 22.7 Å². The summed E-state index contributed by atoms with van der Waals surface area (Å²) in [5.74, 6) is 0. The molecule has 4 rings (SSSR count). The summed E-state index contributed by atoms with van der Waals surface area (Å²) in [6.07, 6.45) is 0.918. The Balaban J connectivity index is 1.48. The molecule has 0 bridgehead atoms. The van der Waals surface area contributed by atoms with Crippen molar-refractivity contribution in [2.75, 3.05) is 0 Å². The third kappa shape index (κ3) is 4.03. The van der Waals surface area contributed by atoms with Crippen LogP contribution in [0.15, 0.2) is 51.0 Å². The number of fused-ring (bicyclic) bond motifs is 1. The Kier molecular flexibility index (Phi) is 5.20. The predicted molar refractivity (Wildman–Crippen MR) is 113 cm³/mol. The molecule has 3 heterocycles. The first-order chi connectivity index (χ1) is 13.1. The molecule has 0 unspecified atom stereocenters. The number of thiazole rings is 1. The number of benzene rings is 1. The average Bonchev–Trinajstić information content (AvgIpc) is 3.30. The van der Waals surface area contributed by atoms with Gasteiger partial charge in [0.25, 0.3) is 0 Å². The SMILES string of the molecule is CCc1ccc2c(CNCc3ccc(-c4csc(C)n4)s3)cc(=O)oc2c1. The van der Waals surface area contributed by atoms with Crippen LogP contribution in [0.5, 0.6) is 0 Å². The lowest BCUT2D eigenvalue weighted by atomic mass is 10.1. The van der Waals surface area contributed by atoms with Crippen LogP contribution in [0.25, 0.3) is 21.5 Å². The molecule has 0 amide bonds. The van der Waals surface area contributed by atoms with Crippen LogP contribution in [0.1, 0.15) is 27.9 Å². The van der Waals surface area contributed by atoms with Crippen LogP contribution in [0, 0.1) is 6.92 Å². The van der Waals surface area contributed by atoms with Crippen molar-refractivity contribution in [1.82, 2.24) is 10.3 Å². The number of rotatable bonds is 6. The van der Waals surface area contributed by atoms with E-state index in [0.717, 1.165) is 34.6 Å². The van der Waals surface area contributed by atoms with Gasteiger partial charge in [-0.25, -0.2) is 9.78 Å². The van der Waals surface area contributed by atoms with Gasteiger partial charge in [-0.15, -0.1) is 22.7 Å². The summed E-state index contributed by atoms with van der Waals surface area (Å²) in [4.78, 5) is 18.9. The Morgan fingerprint density at radius 2 is 2.04 bits per heavy atom. The molecule has 27 heavy (non-hydrogen) atoms. The lowest BCUT2D eigenvalue weighted by molar-refractivity contribution is 0.556. The van der Waals surface area contributed by atoms with Gasteiger partial charge in [0.2, 0.25) is 0 Å². The maximum atomic E-state index is 11.9. The Morgan fingerprint density at radius 1 is 1.15 bits per heavy atom. The first-order valence-corrected chi connectivity index (χ1v) is 10.6. The van der Waals surface area contributed by atoms with E-state index < -0.39 is 0 Å². The highest BCUT2D eigenvalue weighted by Crippen LogP contribution is 2.29. The van der Waals surface area contributed by atoms with Gasteiger partial charge >= 0.3 is 5.63 Å². The summed E-state index contributed by atoms with van der Waals surface area (Å²) in [5, 5.41) is 7.62. The van der Waals surface area contributed by atoms with Crippen LogP contribution in [-0.2, 0) is 19.5 Å². The molecular formula is C21H20N2O2S2. The molecule has 0 saturated heterocycles. The first kappa shape index (κ1) is 18.1. The molecule has 4 nitrogen and oxygen atoms in total. The van der Waals surface area contributed by atoms with Crippen molar-refractivity contribution >= 4 is 33.6 Å². The number of nitrogens with one attached hydrogen (secondary N) is 1. The third-order valence-electron chi connectivity index (χ3n) is 4.45. The monoisotopic (exact) mass is 396 g/mol. The van der Waals surface area contributed by atoms with Gasteiger partial charge in [0.1, 0.15) is 5.58 Å². The molecule has 3 aromatic heterocycles. The quantitative estimate of drug-likeness (QED) is 0.459. The maximum absolute atomic E-state index is 11.9. The summed E-state index contributed by atoms with van der Waals surface area (Å²) in [5.41, 5.74) is 3.54. The fourth-order valence-electron chi connectivity index (χ4n) is 3.05. The lowest BCUT2D eigenvalue weighted by Crippen LogP contribution is -2.14. The van der Waals surface area contributed by atoms with Gasteiger partial charge in [0.05, 0.1) is 15.6 Å². The molecule has 0 fully saturated rings. The van der Waals surface area contributed by atoms with E-state index in [1.807, 2.05) is 19.1 Å². The molecule has 0 atom stereocenters. The summed E-state index contributed by atoms with van der Waals surface area (Å²) in [7, 11) is 0. The number of thiophene rings is 1. The summed E-state index contributed by atoms with van der Waals surface area (Å²) < 4.78 is 5.38. The van der Waals surface area contributed by atoms with E-state index in [0.29, 0.717) is 12.1 Å². The minimum atomic E-state index is -0.301. The molecule has 0 aliphatic heterocycles. The van der Waals surface area contributed by atoms with E-state index in [2.05, 4.69) is 40.8 Å². The second-order valence-corrected chi connectivity index (χ2v) is 8.63. The molecule has 1 aromatic carbocycles. The van der Waals surface area contributed by atoms with Gasteiger partial charge in [-0.3, -0.25) is 0 Å². The Hall–Kier alpha value is -2.28. The minimum absolute atomic E-state index is 0.301. The lowest BCUT2D eigenvalue weighted by Gasteiger charge is -2.07. The molecule has 0 spiro atoms. The Labute approximate surface area is 165 Å². The van der Waals surface area contributed by atoms with E-state index in [1.165, 1.54) is 15.3 Å². The van der Waals surface area contributed by atoms with Gasteiger partial charge in [-0.2, -0.15) is 0 Å². The number of aromatic nitrogens is 1. The molecule has 0 saturated carbocycles. The van der Waals surface area contributed by atoms with Gasteiger partial charge < -0.3 is 9.73 Å². The standard InChI is InChI=1S/C21H20N2O2S2/c1-3-14-4-6-17-15(9-21(24)25-19(17)8-14)10-22-11-16-5-7-20(27-16)18-12-26-13(2)23-18/h4-9,12,22H,3,10-11H2,1-2H3. The van der Waals surface area contributed by atoms with Crippen molar-refractivity contribution in [3.8, 4) is 10.6 Å². The molecule has 138 valence electrons. The first-order valence-electron chi connectivity index (χ1n) is 8.90. The largest absolute Gasteiger partial charge is 0.423 e. The van der Waals surface area contributed by atoms with Gasteiger partial charge in [0, 0.05) is 34.8 Å². The van der Waals surface area contributed by atoms with Gasteiger partial charge in [-0.05, 0) is 42.7 Å². The maximum Gasteiger partial charge on any atom is 0.336 e. The predicted octanol–water partition coefficient (Wildman–Crippen LogP) is 5.14. The van der Waals surface area contributed by atoms with Crippen LogP contribution < -0.4 is 10.9 Å². The normalized spacial score (nSPS) is 11.3. The minimum Gasteiger partial charge on any atom is -0.423 e. The summed E-state index contributed by atoms with van der Waals surface area (Å²) >= 11 is 3.42. The third-order valence-corrected chi connectivity index (χ3v) is 6.33. The highest BCUT2D eigenvalue weighted by atomic mass is 32.1. The zero-order valence-corrected chi connectivity index (χ0v) is 16.9. The Bertz CT molecular complexity index is 1140. The van der Waals surface area contributed by atoms with Crippen molar-refractivity contribution in [2.45, 2.75) is 33.4 Å². The zero-order chi connectivity index (χ0) is 18.8. The zero-order valence-electron chi connectivity index (χ0n) is 15.2. The van der Waals surface area contributed by atoms with Gasteiger partial charge in [-0.1, -0.05) is 19.1 Å². The molecule has 1 N–H and O–H groups in total. The van der Waals surface area contributed by atoms with E-state index in [1.54, 1.807) is 28.7 Å². The van der Waals surface area contributed by atoms with Crippen molar-refractivity contribution in [3.05, 3.63) is 73.2 Å². The average molecular weight is 397 g/mol. The Morgan fingerprint density at radius 3 is 2.81 bits per heavy atom. The summed E-state index contributed by atoms with van der Waals surface area (Å²) in [6, 6.07) is 11.9. The van der Waals surface area contributed by atoms with Gasteiger partial charge in [0.15, 0.2) is 0 Å². The molecule has 0 aliphatic carbocycles. The summed E-state index contributed by atoms with van der Waals surface area (Å²) in [6.45, 7) is 5.49. The molecule has 4 aromatic rings. The van der Waals surface area contributed by atoms with Crippen molar-refractivity contribution < 1.29 is 4.42 Å². The van der Waals surface area contributed by atoms with E-state index in [-0.39, 0.29) is 5.63 Å². The van der Waals surface area contributed by atoms with E-state index in [9.17, 15) is 4.79 Å². The fraction of sp³-hybridized carbons (Fsp3) is 0.238. The smallest absolute Gasteiger partial charge is 0.336 e. The molecule has 6 heteroatoms. The van der Waals surface area contributed by atoms with Crippen LogP contribution in [0.4, 0.5) is 0 Å². The fourth-order valence-corrected chi connectivity index (χ4v) is 4.67. The molecular weight excluding hydrogens is 376 g/mol. The molecule has 0 aliphatic rings. The highest BCUT2D eigenvalue weighted by Gasteiger charge is 2.08. The van der Waals surface area contributed by atoms with Crippen LogP contribution in [0.3, 0.4) is 0 Å². The van der Waals surface area contributed by atoms with Crippen molar-refractivity contribution in [1.29, 1.82) is 0 Å². The molecule has 0 radical (unpaired) electrons.